The van der Waals surface area contributed by atoms with Crippen LogP contribution in [0, 0.1) is 5.92 Å². The Morgan fingerprint density at radius 1 is 1.05 bits per heavy atom. The van der Waals surface area contributed by atoms with Gasteiger partial charge < -0.3 is 10.1 Å². The SMILES string of the molecule is CC1CCC(NCCOCCCc2ccccc2)CC1. The molecule has 0 saturated heterocycles. The zero-order chi connectivity index (χ0) is 14.0. The summed E-state index contributed by atoms with van der Waals surface area (Å²) in [6.45, 7) is 5.09. The maximum Gasteiger partial charge on any atom is 0.0591 e. The summed E-state index contributed by atoms with van der Waals surface area (Å²) < 4.78 is 5.71. The number of benzene rings is 1. The monoisotopic (exact) mass is 275 g/mol. The molecule has 20 heavy (non-hydrogen) atoms. The van der Waals surface area contributed by atoms with E-state index in [1.54, 1.807) is 0 Å². The fraction of sp³-hybridized carbons (Fsp3) is 0.667. The van der Waals surface area contributed by atoms with Crippen molar-refractivity contribution >= 4 is 0 Å². The van der Waals surface area contributed by atoms with Crippen LogP contribution in [0.4, 0.5) is 0 Å². The number of hydrogen-bond acceptors (Lipinski definition) is 2. The van der Waals surface area contributed by atoms with E-state index >= 15 is 0 Å². The lowest BCUT2D eigenvalue weighted by Gasteiger charge is -2.26. The van der Waals surface area contributed by atoms with E-state index in [4.69, 9.17) is 4.74 Å². The highest BCUT2D eigenvalue weighted by atomic mass is 16.5. The molecule has 1 aromatic rings. The number of nitrogens with one attached hydrogen (secondary N) is 1. The molecule has 1 aliphatic rings. The van der Waals surface area contributed by atoms with Crippen molar-refractivity contribution in [3.8, 4) is 0 Å². The molecule has 0 aromatic heterocycles. The van der Waals surface area contributed by atoms with Crippen LogP contribution >= 0.6 is 0 Å². The highest BCUT2D eigenvalue weighted by Gasteiger charge is 2.16. The van der Waals surface area contributed by atoms with Gasteiger partial charge >= 0.3 is 0 Å². The molecule has 0 spiro atoms. The number of hydrogen-bond donors (Lipinski definition) is 1. The van der Waals surface area contributed by atoms with Crippen molar-refractivity contribution in [3.63, 3.8) is 0 Å². The molecule has 1 fully saturated rings. The summed E-state index contributed by atoms with van der Waals surface area (Å²) in [7, 11) is 0. The van der Waals surface area contributed by atoms with Crippen LogP contribution in [0.5, 0.6) is 0 Å². The first-order chi connectivity index (χ1) is 9.84. The minimum Gasteiger partial charge on any atom is -0.380 e. The van der Waals surface area contributed by atoms with Gasteiger partial charge in [-0.05, 0) is 50.0 Å². The van der Waals surface area contributed by atoms with E-state index in [0.717, 1.165) is 44.6 Å². The molecule has 2 rings (SSSR count). The standard InChI is InChI=1S/C18H29NO/c1-16-9-11-18(12-10-16)19-13-15-20-14-5-8-17-6-3-2-4-7-17/h2-4,6-7,16,18-19H,5,8-15H2,1H3. The molecule has 0 aliphatic heterocycles. The van der Waals surface area contributed by atoms with Crippen LogP contribution in [0.25, 0.3) is 0 Å². The smallest absolute Gasteiger partial charge is 0.0591 e. The van der Waals surface area contributed by atoms with E-state index in [-0.39, 0.29) is 0 Å². The zero-order valence-corrected chi connectivity index (χ0v) is 12.8. The summed E-state index contributed by atoms with van der Waals surface area (Å²) in [6.07, 6.45) is 7.69. The predicted octanol–water partition coefficient (Wildman–Crippen LogP) is 3.80. The number of ether oxygens (including phenoxy) is 1. The van der Waals surface area contributed by atoms with Crippen molar-refractivity contribution in [2.24, 2.45) is 5.92 Å². The van der Waals surface area contributed by atoms with Gasteiger partial charge in [-0.1, -0.05) is 37.3 Å². The predicted molar refractivity (Wildman–Crippen MR) is 85.0 cm³/mol. The average Bonchev–Trinajstić information content (AvgIpc) is 2.49. The van der Waals surface area contributed by atoms with Gasteiger partial charge in [-0.3, -0.25) is 0 Å². The molecule has 2 heteroatoms. The van der Waals surface area contributed by atoms with Crippen molar-refractivity contribution in [2.45, 2.75) is 51.5 Å². The molecular formula is C18H29NO. The summed E-state index contributed by atoms with van der Waals surface area (Å²) in [4.78, 5) is 0. The van der Waals surface area contributed by atoms with Gasteiger partial charge in [0.2, 0.25) is 0 Å². The van der Waals surface area contributed by atoms with Crippen LogP contribution in [-0.4, -0.2) is 25.8 Å². The molecule has 2 nitrogen and oxygen atoms in total. The topological polar surface area (TPSA) is 21.3 Å². The zero-order valence-electron chi connectivity index (χ0n) is 12.8. The summed E-state index contributed by atoms with van der Waals surface area (Å²) >= 11 is 0. The molecule has 0 radical (unpaired) electrons. The Balaban J connectivity index is 1.42. The van der Waals surface area contributed by atoms with E-state index in [0.29, 0.717) is 0 Å². The molecule has 0 heterocycles. The molecule has 1 N–H and O–H groups in total. The Morgan fingerprint density at radius 2 is 1.80 bits per heavy atom. The van der Waals surface area contributed by atoms with E-state index < -0.39 is 0 Å². The van der Waals surface area contributed by atoms with Crippen LogP contribution < -0.4 is 5.32 Å². The van der Waals surface area contributed by atoms with Crippen LogP contribution in [0.3, 0.4) is 0 Å². The number of rotatable bonds is 8. The lowest BCUT2D eigenvalue weighted by molar-refractivity contribution is 0.129. The second-order valence-corrected chi connectivity index (χ2v) is 6.11. The van der Waals surface area contributed by atoms with E-state index in [1.165, 1.54) is 31.2 Å². The molecule has 1 aliphatic carbocycles. The molecule has 0 bridgehead atoms. The molecule has 0 amide bonds. The Labute approximate surface area is 123 Å². The van der Waals surface area contributed by atoms with Gasteiger partial charge in [0.1, 0.15) is 0 Å². The Morgan fingerprint density at radius 3 is 2.55 bits per heavy atom. The highest BCUT2D eigenvalue weighted by Crippen LogP contribution is 2.23. The van der Waals surface area contributed by atoms with Gasteiger partial charge in [0, 0.05) is 19.2 Å². The summed E-state index contributed by atoms with van der Waals surface area (Å²) in [5.41, 5.74) is 1.41. The Hall–Kier alpha value is -0.860. The molecule has 1 aromatic carbocycles. The van der Waals surface area contributed by atoms with E-state index in [9.17, 15) is 0 Å². The molecule has 0 atom stereocenters. The summed E-state index contributed by atoms with van der Waals surface area (Å²) in [6, 6.07) is 11.4. The largest absolute Gasteiger partial charge is 0.380 e. The third-order valence-electron chi connectivity index (χ3n) is 4.29. The molecule has 112 valence electrons. The average molecular weight is 275 g/mol. The first kappa shape index (κ1) is 15.5. The minimum atomic E-state index is 0.735. The van der Waals surface area contributed by atoms with Gasteiger partial charge in [0.05, 0.1) is 6.61 Å². The van der Waals surface area contributed by atoms with Crippen LogP contribution in [0.2, 0.25) is 0 Å². The Bertz CT molecular complexity index is 344. The second kappa shape index (κ2) is 9.15. The van der Waals surface area contributed by atoms with E-state index in [2.05, 4.69) is 42.6 Å². The van der Waals surface area contributed by atoms with Gasteiger partial charge in [-0.15, -0.1) is 0 Å². The van der Waals surface area contributed by atoms with Gasteiger partial charge in [0.25, 0.3) is 0 Å². The van der Waals surface area contributed by atoms with Crippen LogP contribution in [-0.2, 0) is 11.2 Å². The maximum atomic E-state index is 5.71. The fourth-order valence-electron chi connectivity index (χ4n) is 2.92. The first-order valence-electron chi connectivity index (χ1n) is 8.19. The van der Waals surface area contributed by atoms with Crippen molar-refractivity contribution in [1.29, 1.82) is 0 Å². The van der Waals surface area contributed by atoms with E-state index in [1.807, 2.05) is 0 Å². The lowest BCUT2D eigenvalue weighted by Crippen LogP contribution is -2.35. The third-order valence-corrected chi connectivity index (χ3v) is 4.29. The normalized spacial score (nSPS) is 22.9. The fourth-order valence-corrected chi connectivity index (χ4v) is 2.92. The quantitative estimate of drug-likeness (QED) is 0.729. The van der Waals surface area contributed by atoms with Crippen molar-refractivity contribution in [1.82, 2.24) is 5.32 Å². The summed E-state index contributed by atoms with van der Waals surface area (Å²) in [5.74, 6) is 0.933. The van der Waals surface area contributed by atoms with Crippen LogP contribution in [0.15, 0.2) is 30.3 Å². The maximum absolute atomic E-state index is 5.71. The van der Waals surface area contributed by atoms with Crippen molar-refractivity contribution < 1.29 is 4.74 Å². The highest BCUT2D eigenvalue weighted by molar-refractivity contribution is 5.14. The van der Waals surface area contributed by atoms with Gasteiger partial charge in [-0.2, -0.15) is 0 Å². The second-order valence-electron chi connectivity index (χ2n) is 6.11. The first-order valence-corrected chi connectivity index (χ1v) is 8.19. The van der Waals surface area contributed by atoms with Crippen molar-refractivity contribution in [2.75, 3.05) is 19.8 Å². The molecule has 0 unspecified atom stereocenters. The third kappa shape index (κ3) is 6.06. The number of aryl methyl sites for hydroxylation is 1. The lowest BCUT2D eigenvalue weighted by atomic mass is 9.87. The van der Waals surface area contributed by atoms with Crippen molar-refractivity contribution in [3.05, 3.63) is 35.9 Å². The van der Waals surface area contributed by atoms with Gasteiger partial charge in [0.15, 0.2) is 0 Å². The molecular weight excluding hydrogens is 246 g/mol. The minimum absolute atomic E-state index is 0.735. The van der Waals surface area contributed by atoms with Gasteiger partial charge in [-0.25, -0.2) is 0 Å². The Kier molecular flexibility index (Phi) is 7.10. The summed E-state index contributed by atoms with van der Waals surface area (Å²) in [5, 5.41) is 3.63. The molecule has 1 saturated carbocycles. The van der Waals surface area contributed by atoms with Crippen LogP contribution in [0.1, 0.15) is 44.6 Å².